The van der Waals surface area contributed by atoms with E-state index in [2.05, 4.69) is 0 Å². The number of carbonyl (C=O) groups is 3. The average Bonchev–Trinajstić information content (AvgIpc) is 2.82. The molecule has 1 aliphatic heterocycles. The van der Waals surface area contributed by atoms with Gasteiger partial charge in [-0.15, -0.1) is 0 Å². The molecule has 3 amide bonds. The molecule has 194 valence electrons. The van der Waals surface area contributed by atoms with Crippen molar-refractivity contribution in [1.82, 2.24) is 10.9 Å². The maximum atomic E-state index is 14.9. The summed E-state index contributed by atoms with van der Waals surface area (Å²) < 4.78 is 77.0. The maximum Gasteiger partial charge on any atom is 0.472 e. The number of anilines is 1. The summed E-state index contributed by atoms with van der Waals surface area (Å²) in [4.78, 5) is 37.3. The van der Waals surface area contributed by atoms with Gasteiger partial charge in [-0.3, -0.25) is 25.2 Å². The molecule has 1 heterocycles. The summed E-state index contributed by atoms with van der Waals surface area (Å²) in [6, 6.07) is 6.53. The Morgan fingerprint density at radius 1 is 1.03 bits per heavy atom. The van der Waals surface area contributed by atoms with Crippen LogP contribution in [0, 0.1) is 17.6 Å². The van der Waals surface area contributed by atoms with Crippen LogP contribution in [-0.4, -0.2) is 40.0 Å². The van der Waals surface area contributed by atoms with E-state index in [9.17, 15) is 40.9 Å². The van der Waals surface area contributed by atoms with E-state index < -0.39 is 58.2 Å². The van der Waals surface area contributed by atoms with E-state index in [0.29, 0.717) is 24.3 Å². The third kappa shape index (κ3) is 6.86. The molecule has 0 aromatic heterocycles. The van der Waals surface area contributed by atoms with E-state index in [1.807, 2.05) is 0 Å². The van der Waals surface area contributed by atoms with E-state index in [-0.39, 0.29) is 22.8 Å². The first kappa shape index (κ1) is 27.7. The van der Waals surface area contributed by atoms with Gasteiger partial charge in [0, 0.05) is 35.6 Å². The van der Waals surface area contributed by atoms with Gasteiger partial charge in [-0.1, -0.05) is 28.8 Å². The quantitative estimate of drug-likeness (QED) is 0.337. The smallest absolute Gasteiger partial charge is 0.472 e. The number of halogens is 6. The highest BCUT2D eigenvalue weighted by Crippen LogP contribution is 2.29. The Morgan fingerprint density at radius 3 is 2.28 bits per heavy atom. The molecule has 2 N–H and O–H groups in total. The fraction of sp³-hybridized carbons (Fsp3) is 0.318. The number of nitrogens with one attached hydrogen (secondary N) is 2. The molecule has 7 nitrogen and oxygen atoms in total. The molecule has 36 heavy (non-hydrogen) atoms. The molecule has 0 spiro atoms. The van der Waals surface area contributed by atoms with Crippen LogP contribution >= 0.6 is 11.6 Å². The molecule has 0 radical (unpaired) electrons. The number of carbonyl (C=O) groups excluding carboxylic acids is 3. The van der Waals surface area contributed by atoms with Crippen molar-refractivity contribution in [3.63, 3.8) is 0 Å². The zero-order valence-electron chi connectivity index (χ0n) is 18.3. The van der Waals surface area contributed by atoms with E-state index in [0.717, 1.165) is 24.3 Å². The lowest BCUT2D eigenvalue weighted by atomic mass is 10.00. The lowest BCUT2D eigenvalue weighted by Crippen LogP contribution is -2.47. The summed E-state index contributed by atoms with van der Waals surface area (Å²) in [5, 5.41) is -0.261. The van der Waals surface area contributed by atoms with E-state index in [1.54, 1.807) is 0 Å². The van der Waals surface area contributed by atoms with Gasteiger partial charge in [-0.25, -0.2) is 8.78 Å². The summed E-state index contributed by atoms with van der Waals surface area (Å²) in [6.45, 7) is -0.334. The first-order chi connectivity index (χ1) is 16.9. The number of benzene rings is 2. The van der Waals surface area contributed by atoms with Gasteiger partial charge in [-0.2, -0.15) is 13.2 Å². The van der Waals surface area contributed by atoms with Crippen molar-refractivity contribution < 1.29 is 40.9 Å². The fourth-order valence-electron chi connectivity index (χ4n) is 3.45. The molecule has 1 fully saturated rings. The molecule has 0 unspecified atom stereocenters. The van der Waals surface area contributed by atoms with Crippen LogP contribution in [0.1, 0.15) is 28.8 Å². The number of hydrazine groups is 1. The highest BCUT2D eigenvalue weighted by Gasteiger charge is 2.39. The maximum absolute atomic E-state index is 14.9. The van der Waals surface area contributed by atoms with Gasteiger partial charge in [-0.05, 0) is 30.3 Å². The number of amides is 3. The van der Waals surface area contributed by atoms with E-state index >= 15 is 0 Å². The molecule has 0 aliphatic carbocycles. The SMILES string of the molecule is O=C(NNC(=O)C(F)(F)F)c1ccc(CN(C(=O)C2CC[S+]([O-])CC2)c2ccc(F)c(Cl)c2)c(F)c1. The Kier molecular flexibility index (Phi) is 8.80. The topological polar surface area (TPSA) is 102 Å². The van der Waals surface area contributed by atoms with Crippen LogP contribution in [0.4, 0.5) is 27.6 Å². The van der Waals surface area contributed by atoms with E-state index in [1.165, 1.54) is 27.9 Å². The predicted octanol–water partition coefficient (Wildman–Crippen LogP) is 3.63. The molecule has 0 atom stereocenters. The summed E-state index contributed by atoms with van der Waals surface area (Å²) in [5.41, 5.74) is 2.44. The Hall–Kier alpha value is -2.90. The molecule has 3 rings (SSSR count). The standard InChI is InChI=1S/C22H19ClF5N3O4S/c23-16-10-15(3-4-17(16)24)31(20(33)12-5-7-36(35)8-6-12)11-14-2-1-13(9-18(14)25)19(32)29-30-21(34)22(26,27)28/h1-4,9-10,12H,5-8,11H2,(H,29,32)(H,30,34). The largest absolute Gasteiger partial charge is 0.616 e. The highest BCUT2D eigenvalue weighted by molar-refractivity contribution is 7.91. The molecule has 0 saturated carbocycles. The first-order valence-corrected chi connectivity index (χ1v) is 12.3. The molecule has 14 heteroatoms. The third-order valence-corrected chi connectivity index (χ3v) is 7.08. The van der Waals surface area contributed by atoms with E-state index in [4.69, 9.17) is 11.6 Å². The van der Waals surface area contributed by atoms with Gasteiger partial charge in [0.2, 0.25) is 5.91 Å². The van der Waals surface area contributed by atoms with Crippen LogP contribution in [0.3, 0.4) is 0 Å². The number of alkyl halides is 3. The second-order valence-electron chi connectivity index (χ2n) is 7.86. The molecule has 2 aromatic carbocycles. The Labute approximate surface area is 210 Å². The van der Waals surface area contributed by atoms with Gasteiger partial charge in [0.1, 0.15) is 23.1 Å². The van der Waals surface area contributed by atoms with Crippen molar-refractivity contribution >= 4 is 46.2 Å². The molecular formula is C22H19ClF5N3O4S. The minimum atomic E-state index is -5.23. The molecule has 1 aliphatic rings. The normalized spacial score (nSPS) is 17.9. The van der Waals surface area contributed by atoms with Crippen molar-refractivity contribution in [1.29, 1.82) is 0 Å². The van der Waals surface area contributed by atoms with Crippen LogP contribution < -0.4 is 15.8 Å². The van der Waals surface area contributed by atoms with Crippen LogP contribution in [0.25, 0.3) is 0 Å². The number of hydrogen-bond acceptors (Lipinski definition) is 4. The summed E-state index contributed by atoms with van der Waals surface area (Å²) in [5.74, 6) is -5.55. The lowest BCUT2D eigenvalue weighted by molar-refractivity contribution is -0.174. The predicted molar refractivity (Wildman–Crippen MR) is 121 cm³/mol. The summed E-state index contributed by atoms with van der Waals surface area (Å²) in [7, 11) is 0. The average molecular weight is 552 g/mol. The zero-order valence-corrected chi connectivity index (χ0v) is 19.9. The summed E-state index contributed by atoms with van der Waals surface area (Å²) in [6.07, 6.45) is -4.53. The minimum Gasteiger partial charge on any atom is -0.616 e. The number of rotatable bonds is 5. The molecular weight excluding hydrogens is 533 g/mol. The van der Waals surface area contributed by atoms with Gasteiger partial charge >= 0.3 is 12.1 Å². The fourth-order valence-corrected chi connectivity index (χ4v) is 4.93. The van der Waals surface area contributed by atoms with Crippen molar-refractivity contribution in [3.8, 4) is 0 Å². The van der Waals surface area contributed by atoms with Crippen molar-refractivity contribution in [3.05, 3.63) is 64.2 Å². The molecule has 1 saturated heterocycles. The van der Waals surface area contributed by atoms with Gasteiger partial charge in [0.05, 0.1) is 11.6 Å². The summed E-state index contributed by atoms with van der Waals surface area (Å²) >= 11 is 4.84. The number of hydrogen-bond donors (Lipinski definition) is 2. The Bertz CT molecular complexity index is 1160. The van der Waals surface area contributed by atoms with Crippen molar-refractivity contribution in [2.45, 2.75) is 25.6 Å². The van der Waals surface area contributed by atoms with Crippen LogP contribution in [-0.2, 0) is 27.3 Å². The van der Waals surface area contributed by atoms with Crippen LogP contribution in [0.15, 0.2) is 36.4 Å². The van der Waals surface area contributed by atoms with Crippen molar-refractivity contribution in [2.75, 3.05) is 16.4 Å². The van der Waals surface area contributed by atoms with Crippen molar-refractivity contribution in [2.24, 2.45) is 5.92 Å². The lowest BCUT2D eigenvalue weighted by Gasteiger charge is -2.30. The van der Waals surface area contributed by atoms with Gasteiger partial charge in [0.25, 0.3) is 5.91 Å². The third-order valence-electron chi connectivity index (χ3n) is 5.41. The molecule has 2 aromatic rings. The van der Waals surface area contributed by atoms with Crippen LogP contribution in [0.2, 0.25) is 5.02 Å². The first-order valence-electron chi connectivity index (χ1n) is 10.4. The minimum absolute atomic E-state index is 0.0564. The van der Waals surface area contributed by atoms with Gasteiger partial charge < -0.3 is 9.45 Å². The molecule has 0 bridgehead atoms. The zero-order chi connectivity index (χ0) is 26.6. The van der Waals surface area contributed by atoms with Gasteiger partial charge in [0.15, 0.2) is 0 Å². The second-order valence-corrected chi connectivity index (χ2v) is 9.96. The monoisotopic (exact) mass is 551 g/mol. The second kappa shape index (κ2) is 11.4. The Balaban J connectivity index is 1.81. The Morgan fingerprint density at radius 2 is 1.69 bits per heavy atom. The van der Waals surface area contributed by atoms with Crippen LogP contribution in [0.5, 0.6) is 0 Å². The highest BCUT2D eigenvalue weighted by atomic mass is 35.5. The number of nitrogens with zero attached hydrogens (tertiary/aromatic N) is 1.